The van der Waals surface area contributed by atoms with Gasteiger partial charge in [0.15, 0.2) is 5.01 Å². The summed E-state index contributed by atoms with van der Waals surface area (Å²) < 4.78 is 0. The van der Waals surface area contributed by atoms with E-state index in [-0.39, 0.29) is 21.3 Å². The zero-order valence-electron chi connectivity index (χ0n) is 14.7. The molecule has 12 heteroatoms. The van der Waals surface area contributed by atoms with Gasteiger partial charge in [-0.1, -0.05) is 40.5 Å². The third-order valence-corrected chi connectivity index (χ3v) is 5.10. The number of oxime groups is 1. The Morgan fingerprint density at radius 3 is 2.50 bits per heavy atom. The van der Waals surface area contributed by atoms with Gasteiger partial charge in [0.1, 0.15) is 5.02 Å². The Morgan fingerprint density at radius 1 is 1.17 bits per heavy atom. The molecule has 0 saturated carbocycles. The van der Waals surface area contributed by atoms with Gasteiger partial charge >= 0.3 is 5.97 Å². The fourth-order valence-corrected chi connectivity index (χ4v) is 3.37. The number of thiazole rings is 1. The van der Waals surface area contributed by atoms with Crippen molar-refractivity contribution < 1.29 is 19.3 Å². The van der Waals surface area contributed by atoms with Crippen molar-refractivity contribution in [1.29, 1.82) is 0 Å². The Hall–Kier alpha value is -3.34. The fraction of sp³-hybridized carbons (Fsp3) is 0. The predicted molar refractivity (Wildman–Crippen MR) is 112 cm³/mol. The number of nitrogens with two attached hydrogens (primary N) is 1. The zero-order valence-corrected chi connectivity index (χ0v) is 17.1. The van der Waals surface area contributed by atoms with Crippen LogP contribution >= 0.6 is 34.5 Å². The molecule has 0 bridgehead atoms. The molecule has 0 radical (unpaired) electrons. The zero-order chi connectivity index (χ0) is 21.8. The lowest BCUT2D eigenvalue weighted by atomic mass is 10.2. The van der Waals surface area contributed by atoms with Crippen LogP contribution in [0.15, 0.2) is 53.0 Å². The second-order valence-corrected chi connectivity index (χ2v) is 7.35. The molecule has 1 heterocycles. The first-order chi connectivity index (χ1) is 14.3. The van der Waals surface area contributed by atoms with E-state index < -0.39 is 22.5 Å². The number of benzene rings is 2. The molecule has 3 aromatic rings. The molecular weight excluding hydrogens is 455 g/mol. The summed E-state index contributed by atoms with van der Waals surface area (Å²) in [6.07, 6.45) is 0. The van der Waals surface area contributed by atoms with Crippen molar-refractivity contribution in [2.45, 2.75) is 0 Å². The molecule has 9 nitrogen and oxygen atoms in total. The molecule has 30 heavy (non-hydrogen) atoms. The lowest BCUT2D eigenvalue weighted by Crippen LogP contribution is -2.25. The Morgan fingerprint density at radius 2 is 1.87 bits per heavy atom. The van der Waals surface area contributed by atoms with Gasteiger partial charge in [0.05, 0.1) is 16.2 Å². The fourth-order valence-electron chi connectivity index (χ4n) is 2.24. The first-order valence-corrected chi connectivity index (χ1v) is 9.64. The molecule has 0 unspecified atom stereocenters. The number of halogens is 2. The summed E-state index contributed by atoms with van der Waals surface area (Å²) in [6, 6.07) is 10.2. The van der Waals surface area contributed by atoms with Crippen molar-refractivity contribution in [3.63, 3.8) is 0 Å². The van der Waals surface area contributed by atoms with Crippen molar-refractivity contribution in [2.75, 3.05) is 0 Å². The van der Waals surface area contributed by atoms with Gasteiger partial charge < -0.3 is 10.6 Å². The summed E-state index contributed by atoms with van der Waals surface area (Å²) in [7, 11) is 0. The lowest BCUT2D eigenvalue weighted by molar-refractivity contribution is -0.384. The highest BCUT2D eigenvalue weighted by molar-refractivity contribution is 7.13. The van der Waals surface area contributed by atoms with E-state index in [4.69, 9.17) is 33.8 Å². The number of carbonyl (C=O) groups excluding carboxylic acids is 2. The maximum absolute atomic E-state index is 12.2. The largest absolute Gasteiger partial charge is 0.366 e. The van der Waals surface area contributed by atoms with Crippen LogP contribution in [0, 0.1) is 10.1 Å². The standard InChI is InChI=1S/C18H10Cl2N4O5S/c19-11-4-1-9(2-5-11)13-8-30-17(22-13)15(16(21)25)23-29-18(26)10-3-6-12(20)14(7-10)24(27)28/h1-8H,(H2,21,25). The van der Waals surface area contributed by atoms with Gasteiger partial charge in [0.25, 0.3) is 11.6 Å². The Labute approximate surface area is 182 Å². The summed E-state index contributed by atoms with van der Waals surface area (Å²) in [4.78, 5) is 43.2. The minimum atomic E-state index is -1.04. The first-order valence-electron chi connectivity index (χ1n) is 8.01. The summed E-state index contributed by atoms with van der Waals surface area (Å²) in [5.41, 5.74) is 5.58. The molecule has 0 aliphatic heterocycles. The van der Waals surface area contributed by atoms with Crippen LogP contribution in [0.1, 0.15) is 15.4 Å². The molecular formula is C18H10Cl2N4O5S. The van der Waals surface area contributed by atoms with Gasteiger partial charge in [-0.3, -0.25) is 14.9 Å². The van der Waals surface area contributed by atoms with Crippen LogP contribution in [-0.2, 0) is 9.63 Å². The minimum absolute atomic E-state index is 0.127. The highest BCUT2D eigenvalue weighted by Crippen LogP contribution is 2.26. The first kappa shape index (κ1) is 21.4. The van der Waals surface area contributed by atoms with Crippen molar-refractivity contribution in [1.82, 2.24) is 4.98 Å². The number of hydrogen-bond acceptors (Lipinski definition) is 8. The maximum atomic E-state index is 12.2. The third-order valence-electron chi connectivity index (χ3n) is 3.68. The predicted octanol–water partition coefficient (Wildman–Crippen LogP) is 4.07. The number of nitrogens with zero attached hydrogens (tertiary/aromatic N) is 3. The Balaban J connectivity index is 1.84. The number of amides is 1. The average Bonchev–Trinajstić information content (AvgIpc) is 3.18. The summed E-state index contributed by atoms with van der Waals surface area (Å²) in [5.74, 6) is -2.01. The molecule has 3 rings (SSSR count). The molecule has 0 aliphatic carbocycles. The quantitative estimate of drug-likeness (QED) is 0.252. The van der Waals surface area contributed by atoms with Crippen molar-refractivity contribution >= 4 is 57.8 Å². The minimum Gasteiger partial charge on any atom is -0.364 e. The van der Waals surface area contributed by atoms with E-state index in [0.717, 1.165) is 23.0 Å². The molecule has 2 aromatic carbocycles. The second-order valence-electron chi connectivity index (χ2n) is 5.65. The normalized spacial score (nSPS) is 11.2. The number of hydrogen-bond donors (Lipinski definition) is 1. The summed E-state index contributed by atoms with van der Waals surface area (Å²) in [5, 5.41) is 16.7. The molecule has 1 aromatic heterocycles. The van der Waals surface area contributed by atoms with Gasteiger partial charge in [-0.25, -0.2) is 9.78 Å². The molecule has 0 atom stereocenters. The van der Waals surface area contributed by atoms with Crippen LogP contribution in [0.3, 0.4) is 0 Å². The van der Waals surface area contributed by atoms with Gasteiger partial charge in [-0.05, 0) is 24.3 Å². The third kappa shape index (κ3) is 4.79. The van der Waals surface area contributed by atoms with Crippen LogP contribution in [0.5, 0.6) is 0 Å². The molecule has 0 aliphatic rings. The highest BCUT2D eigenvalue weighted by Gasteiger charge is 2.20. The Kier molecular flexibility index (Phi) is 6.40. The smallest absolute Gasteiger partial charge is 0.364 e. The van der Waals surface area contributed by atoms with Gasteiger partial charge in [0.2, 0.25) is 5.71 Å². The Bertz CT molecular complexity index is 1180. The van der Waals surface area contributed by atoms with Gasteiger partial charge in [-0.2, -0.15) is 0 Å². The monoisotopic (exact) mass is 464 g/mol. The number of rotatable bonds is 6. The lowest BCUT2D eigenvalue weighted by Gasteiger charge is -2.01. The van der Waals surface area contributed by atoms with Crippen molar-refractivity contribution in [2.24, 2.45) is 10.9 Å². The van der Waals surface area contributed by atoms with E-state index in [1.807, 2.05) is 0 Å². The SMILES string of the molecule is NC(=O)C(=NOC(=O)c1ccc(Cl)c([N+](=O)[O-])c1)c1nc(-c2ccc(Cl)cc2)cs1. The summed E-state index contributed by atoms with van der Waals surface area (Å²) in [6.45, 7) is 0. The van der Waals surface area contributed by atoms with E-state index in [0.29, 0.717) is 10.7 Å². The van der Waals surface area contributed by atoms with E-state index in [9.17, 15) is 19.7 Å². The second kappa shape index (κ2) is 8.99. The number of nitro benzene ring substituents is 1. The van der Waals surface area contributed by atoms with E-state index in [1.54, 1.807) is 29.6 Å². The van der Waals surface area contributed by atoms with E-state index >= 15 is 0 Å². The van der Waals surface area contributed by atoms with Crippen LogP contribution in [0.4, 0.5) is 5.69 Å². The van der Waals surface area contributed by atoms with Crippen molar-refractivity contribution in [3.05, 3.63) is 78.6 Å². The average molecular weight is 465 g/mol. The molecule has 1 amide bonds. The maximum Gasteiger partial charge on any atom is 0.366 e. The van der Waals surface area contributed by atoms with E-state index in [1.165, 1.54) is 12.1 Å². The van der Waals surface area contributed by atoms with Crippen LogP contribution in [0.25, 0.3) is 11.3 Å². The highest BCUT2D eigenvalue weighted by atomic mass is 35.5. The van der Waals surface area contributed by atoms with Crippen molar-refractivity contribution in [3.8, 4) is 11.3 Å². The van der Waals surface area contributed by atoms with Gasteiger partial charge in [0, 0.05) is 22.0 Å². The molecule has 0 spiro atoms. The number of aromatic nitrogens is 1. The van der Waals surface area contributed by atoms with E-state index in [2.05, 4.69) is 10.1 Å². The van der Waals surface area contributed by atoms with Gasteiger partial charge in [-0.15, -0.1) is 11.3 Å². The van der Waals surface area contributed by atoms with Crippen LogP contribution < -0.4 is 5.73 Å². The summed E-state index contributed by atoms with van der Waals surface area (Å²) >= 11 is 12.6. The van der Waals surface area contributed by atoms with Crippen LogP contribution in [0.2, 0.25) is 10.0 Å². The number of nitro groups is 1. The molecule has 2 N–H and O–H groups in total. The molecule has 152 valence electrons. The van der Waals surface area contributed by atoms with Crippen LogP contribution in [-0.4, -0.2) is 27.5 Å². The number of primary amides is 1. The topological polar surface area (TPSA) is 138 Å². The molecule has 0 fully saturated rings. The number of carbonyl (C=O) groups is 2. The molecule has 0 saturated heterocycles.